The number of hydrogen-bond donors (Lipinski definition) is 0. The first-order valence-electron chi connectivity index (χ1n) is 9.30. The first kappa shape index (κ1) is 17.0. The summed E-state index contributed by atoms with van der Waals surface area (Å²) < 4.78 is 5.24. The van der Waals surface area contributed by atoms with E-state index >= 15 is 0 Å². The Morgan fingerprint density at radius 3 is 2.65 bits per heavy atom. The third-order valence-corrected chi connectivity index (χ3v) is 5.62. The van der Waals surface area contributed by atoms with Crippen LogP contribution >= 0.6 is 0 Å². The normalized spacial score (nSPS) is 23.1. The van der Waals surface area contributed by atoms with Gasteiger partial charge in [-0.2, -0.15) is 0 Å². The van der Waals surface area contributed by atoms with Gasteiger partial charge in [0.1, 0.15) is 5.75 Å². The Bertz CT molecular complexity index is 748. The molecule has 0 unspecified atom stereocenters. The van der Waals surface area contributed by atoms with Crippen LogP contribution in [-0.2, 0) is 17.9 Å². The predicted molar refractivity (Wildman–Crippen MR) is 99.6 cm³/mol. The number of fused-ring (bicyclic) bond motifs is 1. The molecule has 0 radical (unpaired) electrons. The molecule has 4 rings (SSSR count). The number of pyridine rings is 1. The van der Waals surface area contributed by atoms with Crippen molar-refractivity contribution in [3.8, 4) is 5.75 Å². The van der Waals surface area contributed by atoms with Gasteiger partial charge >= 0.3 is 0 Å². The Labute approximate surface area is 154 Å². The molecule has 3 heterocycles. The zero-order chi connectivity index (χ0) is 17.9. The van der Waals surface area contributed by atoms with Crippen molar-refractivity contribution in [3.05, 3.63) is 59.9 Å². The molecule has 0 saturated carbocycles. The second-order valence-corrected chi connectivity index (χ2v) is 7.16. The van der Waals surface area contributed by atoms with E-state index in [1.165, 1.54) is 5.56 Å². The van der Waals surface area contributed by atoms with Crippen molar-refractivity contribution in [2.45, 2.75) is 44.4 Å². The quantitative estimate of drug-likeness (QED) is 0.831. The van der Waals surface area contributed by atoms with E-state index < -0.39 is 0 Å². The summed E-state index contributed by atoms with van der Waals surface area (Å²) in [4.78, 5) is 21.4. The Kier molecular flexibility index (Phi) is 4.89. The van der Waals surface area contributed by atoms with E-state index in [0.29, 0.717) is 25.0 Å². The van der Waals surface area contributed by atoms with Gasteiger partial charge < -0.3 is 9.64 Å². The minimum atomic E-state index is 0.279. The maximum absolute atomic E-state index is 12.5. The summed E-state index contributed by atoms with van der Waals surface area (Å²) in [6.07, 6.45) is 6.29. The lowest BCUT2D eigenvalue weighted by atomic mass is 9.95. The van der Waals surface area contributed by atoms with Crippen LogP contribution < -0.4 is 4.74 Å². The first-order valence-corrected chi connectivity index (χ1v) is 9.30. The highest BCUT2D eigenvalue weighted by molar-refractivity contribution is 5.77. The number of carbonyl (C=O) groups excluding carboxylic acids is 1. The van der Waals surface area contributed by atoms with Crippen LogP contribution in [0.3, 0.4) is 0 Å². The van der Waals surface area contributed by atoms with E-state index in [1.54, 1.807) is 13.3 Å². The number of nitrogens with zero attached hydrogens (tertiary/aromatic N) is 3. The highest BCUT2D eigenvalue weighted by atomic mass is 16.5. The molecule has 5 nitrogen and oxygen atoms in total. The Hall–Kier alpha value is -2.40. The van der Waals surface area contributed by atoms with E-state index in [1.807, 2.05) is 30.5 Å². The van der Waals surface area contributed by atoms with Gasteiger partial charge in [-0.05, 0) is 42.2 Å². The largest absolute Gasteiger partial charge is 0.497 e. The van der Waals surface area contributed by atoms with E-state index in [4.69, 9.17) is 4.74 Å². The van der Waals surface area contributed by atoms with Crippen LogP contribution in [0.2, 0.25) is 0 Å². The summed E-state index contributed by atoms with van der Waals surface area (Å²) in [6, 6.07) is 13.0. The van der Waals surface area contributed by atoms with Crippen LogP contribution in [0.15, 0.2) is 48.8 Å². The van der Waals surface area contributed by atoms with Crippen molar-refractivity contribution in [3.63, 3.8) is 0 Å². The molecule has 136 valence electrons. The molecule has 26 heavy (non-hydrogen) atoms. The minimum Gasteiger partial charge on any atom is -0.497 e. The van der Waals surface area contributed by atoms with Crippen LogP contribution in [0.4, 0.5) is 0 Å². The second-order valence-electron chi connectivity index (χ2n) is 7.16. The Morgan fingerprint density at radius 1 is 1.08 bits per heavy atom. The van der Waals surface area contributed by atoms with E-state index in [0.717, 1.165) is 37.2 Å². The van der Waals surface area contributed by atoms with Gasteiger partial charge in [0.05, 0.1) is 7.11 Å². The van der Waals surface area contributed by atoms with Crippen LogP contribution in [0.25, 0.3) is 0 Å². The molecule has 2 aliphatic rings. The summed E-state index contributed by atoms with van der Waals surface area (Å²) >= 11 is 0. The molecule has 0 aliphatic carbocycles. The van der Waals surface area contributed by atoms with Crippen molar-refractivity contribution in [1.29, 1.82) is 0 Å². The molecule has 0 bridgehead atoms. The molecule has 2 fully saturated rings. The highest BCUT2D eigenvalue weighted by Crippen LogP contribution is 2.33. The summed E-state index contributed by atoms with van der Waals surface area (Å²) in [6.45, 7) is 2.64. The van der Waals surface area contributed by atoms with Crippen molar-refractivity contribution in [2.24, 2.45) is 0 Å². The lowest BCUT2D eigenvalue weighted by molar-refractivity contribution is -0.138. The second kappa shape index (κ2) is 7.46. The number of methoxy groups -OCH3 is 1. The summed E-state index contributed by atoms with van der Waals surface area (Å²) in [5.41, 5.74) is 2.40. The van der Waals surface area contributed by atoms with Gasteiger partial charge in [0, 0.05) is 50.5 Å². The number of amides is 1. The number of carbonyl (C=O) groups is 1. The SMILES string of the molecule is COc1ccc(CN2CC[C@@H]3[C@H]2CCC(=O)N3Cc2cccnc2)cc1. The van der Waals surface area contributed by atoms with Crippen LogP contribution in [-0.4, -0.2) is 46.4 Å². The van der Waals surface area contributed by atoms with Gasteiger partial charge in [0.15, 0.2) is 0 Å². The summed E-state index contributed by atoms with van der Waals surface area (Å²) in [5, 5.41) is 0. The number of rotatable bonds is 5. The first-order chi connectivity index (χ1) is 12.7. The van der Waals surface area contributed by atoms with Gasteiger partial charge in [-0.25, -0.2) is 0 Å². The smallest absolute Gasteiger partial charge is 0.223 e. The average Bonchev–Trinajstić information content (AvgIpc) is 3.08. The monoisotopic (exact) mass is 351 g/mol. The number of aromatic nitrogens is 1. The van der Waals surface area contributed by atoms with Crippen molar-refractivity contribution >= 4 is 5.91 Å². The van der Waals surface area contributed by atoms with Gasteiger partial charge in [-0.1, -0.05) is 18.2 Å². The number of likely N-dealkylation sites (tertiary alicyclic amines) is 2. The molecule has 2 atom stereocenters. The molecule has 1 amide bonds. The average molecular weight is 351 g/mol. The Balaban J connectivity index is 1.46. The van der Waals surface area contributed by atoms with E-state index in [9.17, 15) is 4.79 Å². The molecule has 0 N–H and O–H groups in total. The summed E-state index contributed by atoms with van der Waals surface area (Å²) in [5.74, 6) is 1.17. The molecular weight excluding hydrogens is 326 g/mol. The zero-order valence-electron chi connectivity index (χ0n) is 15.2. The maximum atomic E-state index is 12.5. The van der Waals surface area contributed by atoms with Crippen molar-refractivity contribution in [1.82, 2.24) is 14.8 Å². The van der Waals surface area contributed by atoms with Crippen molar-refractivity contribution in [2.75, 3.05) is 13.7 Å². The lowest BCUT2D eigenvalue weighted by Gasteiger charge is -2.40. The van der Waals surface area contributed by atoms with Crippen LogP contribution in [0.5, 0.6) is 5.75 Å². The standard InChI is InChI=1S/C21H25N3O2/c1-26-18-6-4-16(5-7-18)14-23-12-10-20-19(23)8-9-21(25)24(20)15-17-3-2-11-22-13-17/h2-7,11,13,19-20H,8-10,12,14-15H2,1H3/t19-,20-/m1/s1. The van der Waals surface area contributed by atoms with Gasteiger partial charge in [0.2, 0.25) is 5.91 Å². The highest BCUT2D eigenvalue weighted by Gasteiger charge is 2.42. The molecular formula is C21H25N3O2. The van der Waals surface area contributed by atoms with Crippen LogP contribution in [0.1, 0.15) is 30.4 Å². The van der Waals surface area contributed by atoms with Gasteiger partial charge in [-0.3, -0.25) is 14.7 Å². The molecule has 0 spiro atoms. The van der Waals surface area contributed by atoms with Crippen molar-refractivity contribution < 1.29 is 9.53 Å². The third-order valence-electron chi connectivity index (χ3n) is 5.62. The predicted octanol–water partition coefficient (Wildman–Crippen LogP) is 2.86. The fourth-order valence-corrected chi connectivity index (χ4v) is 4.29. The molecule has 1 aromatic heterocycles. The zero-order valence-corrected chi connectivity index (χ0v) is 15.2. The maximum Gasteiger partial charge on any atom is 0.223 e. The van der Waals surface area contributed by atoms with Gasteiger partial charge in [-0.15, -0.1) is 0 Å². The lowest BCUT2D eigenvalue weighted by Crippen LogP contribution is -2.51. The topological polar surface area (TPSA) is 45.7 Å². The molecule has 2 aliphatic heterocycles. The molecule has 2 saturated heterocycles. The fourth-order valence-electron chi connectivity index (χ4n) is 4.29. The minimum absolute atomic E-state index is 0.279. The summed E-state index contributed by atoms with van der Waals surface area (Å²) in [7, 11) is 1.69. The van der Waals surface area contributed by atoms with E-state index in [2.05, 4.69) is 26.9 Å². The Morgan fingerprint density at radius 2 is 1.92 bits per heavy atom. The third kappa shape index (κ3) is 3.44. The molecule has 1 aromatic carbocycles. The molecule has 5 heteroatoms. The molecule has 2 aromatic rings. The van der Waals surface area contributed by atoms with Gasteiger partial charge in [0.25, 0.3) is 0 Å². The van der Waals surface area contributed by atoms with Crippen LogP contribution in [0, 0.1) is 0 Å². The fraction of sp³-hybridized carbons (Fsp3) is 0.429. The number of piperidine rings is 1. The number of hydrogen-bond acceptors (Lipinski definition) is 4. The number of ether oxygens (including phenoxy) is 1. The van der Waals surface area contributed by atoms with E-state index in [-0.39, 0.29) is 5.91 Å². The number of benzene rings is 1.